The molecule has 0 aliphatic heterocycles. The predicted octanol–water partition coefficient (Wildman–Crippen LogP) is 16.1. The summed E-state index contributed by atoms with van der Waals surface area (Å²) in [7, 11) is 5.97. The van der Waals surface area contributed by atoms with Gasteiger partial charge in [-0.25, -0.2) is 4.79 Å². The molecule has 0 spiro atoms. The van der Waals surface area contributed by atoms with Crippen LogP contribution in [0.2, 0.25) is 0 Å². The number of carboxylic acid groups (broad SMARTS) is 1. The summed E-state index contributed by atoms with van der Waals surface area (Å²) in [5, 5.41) is 9.69. The van der Waals surface area contributed by atoms with E-state index in [1.807, 2.05) is 21.1 Å². The zero-order chi connectivity index (χ0) is 49.2. The number of nitrogens with zero attached hydrogens (tertiary/aromatic N) is 1. The van der Waals surface area contributed by atoms with Crippen LogP contribution in [-0.4, -0.2) is 87.4 Å². The maximum Gasteiger partial charge on any atom is 0.361 e. The van der Waals surface area contributed by atoms with Crippen molar-refractivity contribution in [3.8, 4) is 0 Å². The molecule has 1 N–H and O–H groups in total. The smallest absolute Gasteiger partial charge is 0.361 e. The molecule has 0 saturated carbocycles. The Morgan fingerprint density at radius 2 is 0.806 bits per heavy atom. The molecule has 0 aliphatic carbocycles. The van der Waals surface area contributed by atoms with Crippen molar-refractivity contribution >= 4 is 17.9 Å². The van der Waals surface area contributed by atoms with Gasteiger partial charge in [-0.05, 0) is 51.4 Å². The summed E-state index contributed by atoms with van der Waals surface area (Å²) < 4.78 is 22.9. The fraction of sp³-hybridized carbons (Fsp3) is 0.845. The summed E-state index contributed by atoms with van der Waals surface area (Å²) >= 11 is 0. The van der Waals surface area contributed by atoms with Gasteiger partial charge in [-0.2, -0.15) is 0 Å². The summed E-state index contributed by atoms with van der Waals surface area (Å²) in [5.41, 5.74) is 0. The first-order chi connectivity index (χ1) is 32.6. The number of carbonyl (C=O) groups is 3. The minimum atomic E-state index is -1.51. The second kappa shape index (κ2) is 49.9. The molecule has 0 rings (SSSR count). The maximum atomic E-state index is 12.8. The first-order valence-electron chi connectivity index (χ1n) is 28.2. The number of ether oxygens (including phenoxy) is 4. The second-order valence-electron chi connectivity index (χ2n) is 20.3. The largest absolute Gasteiger partial charge is 0.477 e. The van der Waals surface area contributed by atoms with Gasteiger partial charge in [0.2, 0.25) is 0 Å². The number of quaternary nitrogens is 1. The van der Waals surface area contributed by atoms with E-state index in [1.165, 1.54) is 167 Å². The van der Waals surface area contributed by atoms with Gasteiger partial charge >= 0.3 is 17.9 Å². The Balaban J connectivity index is 4.26. The summed E-state index contributed by atoms with van der Waals surface area (Å²) in [6.45, 7) is 4.87. The molecule has 0 fully saturated rings. The quantitative estimate of drug-likeness (QED) is 0.0211. The van der Waals surface area contributed by atoms with Crippen LogP contribution >= 0.6 is 0 Å². The molecule has 0 aromatic carbocycles. The van der Waals surface area contributed by atoms with Crippen molar-refractivity contribution in [2.75, 3.05) is 47.5 Å². The molecule has 67 heavy (non-hydrogen) atoms. The molecule has 0 saturated heterocycles. The van der Waals surface area contributed by atoms with Gasteiger partial charge < -0.3 is 28.5 Å². The van der Waals surface area contributed by atoms with Gasteiger partial charge in [0, 0.05) is 12.8 Å². The number of aliphatic carboxylic acids is 1. The van der Waals surface area contributed by atoms with E-state index in [0.717, 1.165) is 57.8 Å². The highest BCUT2D eigenvalue weighted by molar-refractivity contribution is 5.71. The zero-order valence-electron chi connectivity index (χ0n) is 44.6. The lowest BCUT2D eigenvalue weighted by atomic mass is 10.0. The summed E-state index contributed by atoms with van der Waals surface area (Å²) in [6, 6.07) is 0. The van der Waals surface area contributed by atoms with Crippen molar-refractivity contribution in [1.82, 2.24) is 0 Å². The summed E-state index contributed by atoms with van der Waals surface area (Å²) in [6.07, 6.45) is 56.4. The van der Waals surface area contributed by atoms with Crippen molar-refractivity contribution < 1.29 is 42.9 Å². The molecule has 0 aromatic rings. The molecule has 2 atom stereocenters. The van der Waals surface area contributed by atoms with Crippen LogP contribution in [0.25, 0.3) is 0 Å². The fourth-order valence-electron chi connectivity index (χ4n) is 8.02. The van der Waals surface area contributed by atoms with Crippen LogP contribution in [0.15, 0.2) is 36.5 Å². The highest BCUT2D eigenvalue weighted by atomic mass is 16.7. The number of rotatable bonds is 52. The Bertz CT molecular complexity index is 1190. The third kappa shape index (κ3) is 51.2. The lowest BCUT2D eigenvalue weighted by molar-refractivity contribution is -0.870. The van der Waals surface area contributed by atoms with Crippen molar-refractivity contribution in [1.29, 1.82) is 0 Å². The van der Waals surface area contributed by atoms with Crippen LogP contribution in [0.5, 0.6) is 0 Å². The van der Waals surface area contributed by atoms with Crippen LogP contribution in [0, 0.1) is 0 Å². The van der Waals surface area contributed by atoms with Gasteiger partial charge in [-0.3, -0.25) is 9.59 Å². The normalized spacial score (nSPS) is 13.0. The lowest BCUT2D eigenvalue weighted by Gasteiger charge is -2.25. The van der Waals surface area contributed by atoms with Gasteiger partial charge in [0.15, 0.2) is 6.10 Å². The Morgan fingerprint density at radius 1 is 0.448 bits per heavy atom. The average Bonchev–Trinajstić information content (AvgIpc) is 3.29. The number of likely N-dealkylation sites (N-methyl/N-ethyl adjacent to an activating group) is 1. The zero-order valence-corrected chi connectivity index (χ0v) is 44.6. The molecule has 0 amide bonds. The van der Waals surface area contributed by atoms with Crippen LogP contribution in [0.4, 0.5) is 0 Å². The van der Waals surface area contributed by atoms with Crippen molar-refractivity contribution in [3.05, 3.63) is 36.5 Å². The average molecular weight is 948 g/mol. The molecule has 9 heteroatoms. The molecular weight excluding hydrogens is 839 g/mol. The van der Waals surface area contributed by atoms with Crippen molar-refractivity contribution in [2.24, 2.45) is 0 Å². The van der Waals surface area contributed by atoms with E-state index < -0.39 is 24.3 Å². The Morgan fingerprint density at radius 3 is 1.22 bits per heavy atom. The second-order valence-corrected chi connectivity index (χ2v) is 20.3. The van der Waals surface area contributed by atoms with E-state index in [4.69, 9.17) is 18.9 Å². The predicted molar refractivity (Wildman–Crippen MR) is 281 cm³/mol. The molecule has 9 nitrogen and oxygen atoms in total. The molecule has 0 aliphatic rings. The van der Waals surface area contributed by atoms with Gasteiger partial charge in [0.1, 0.15) is 13.2 Å². The van der Waals surface area contributed by atoms with E-state index in [1.54, 1.807) is 0 Å². The molecule has 0 heterocycles. The molecule has 392 valence electrons. The van der Waals surface area contributed by atoms with Gasteiger partial charge in [0.25, 0.3) is 6.29 Å². The third-order valence-corrected chi connectivity index (χ3v) is 12.4. The van der Waals surface area contributed by atoms with E-state index >= 15 is 0 Å². The van der Waals surface area contributed by atoms with E-state index in [2.05, 4.69) is 50.3 Å². The van der Waals surface area contributed by atoms with Crippen molar-refractivity contribution in [3.63, 3.8) is 0 Å². The topological polar surface area (TPSA) is 108 Å². The van der Waals surface area contributed by atoms with Crippen LogP contribution in [0.3, 0.4) is 0 Å². The number of carbonyl (C=O) groups excluding carboxylic acids is 2. The Hall–Kier alpha value is -2.49. The third-order valence-electron chi connectivity index (χ3n) is 12.4. The first kappa shape index (κ1) is 64.5. The van der Waals surface area contributed by atoms with Gasteiger partial charge in [-0.1, -0.05) is 230 Å². The number of carboxylic acids is 1. The van der Waals surface area contributed by atoms with Gasteiger partial charge in [0.05, 0.1) is 34.4 Å². The molecule has 0 radical (unpaired) electrons. The number of unbranched alkanes of at least 4 members (excludes halogenated alkanes) is 31. The fourth-order valence-corrected chi connectivity index (χ4v) is 8.02. The molecule has 0 aromatic heterocycles. The monoisotopic (exact) mass is 947 g/mol. The highest BCUT2D eigenvalue weighted by Gasteiger charge is 2.25. The summed E-state index contributed by atoms with van der Waals surface area (Å²) in [4.78, 5) is 37.4. The lowest BCUT2D eigenvalue weighted by Crippen LogP contribution is -2.40. The van der Waals surface area contributed by atoms with E-state index in [0.29, 0.717) is 23.9 Å². The van der Waals surface area contributed by atoms with Crippen LogP contribution in [-0.2, 0) is 33.3 Å². The number of hydrogen-bond acceptors (Lipinski definition) is 7. The van der Waals surface area contributed by atoms with E-state index in [9.17, 15) is 19.5 Å². The van der Waals surface area contributed by atoms with Crippen molar-refractivity contribution in [2.45, 2.75) is 270 Å². The summed E-state index contributed by atoms with van der Waals surface area (Å²) in [5.74, 6) is -2.01. The Labute approximate surface area is 413 Å². The van der Waals surface area contributed by atoms with Crippen LogP contribution in [0.1, 0.15) is 258 Å². The van der Waals surface area contributed by atoms with Crippen LogP contribution < -0.4 is 0 Å². The van der Waals surface area contributed by atoms with E-state index in [-0.39, 0.29) is 32.2 Å². The number of esters is 2. The maximum absolute atomic E-state index is 12.8. The molecule has 0 bridgehead atoms. The first-order valence-corrected chi connectivity index (χ1v) is 28.2. The number of hydrogen-bond donors (Lipinski definition) is 1. The Kier molecular flexibility index (Phi) is 48.1. The molecular formula is C58H108NO8+. The standard InChI is InChI=1S/C58H107NO8/c1-6-8-10-12-14-16-18-20-22-24-26-27-28-29-31-32-34-36-38-40-42-44-46-48-55(60)65-52-54(53-66-58(57(62)63)64-51-50-59(3,4)5)67-56(61)49-47-45-43-41-39-37-35-33-30-25-23-21-19-17-15-13-11-9-7-2/h15,17,21,23,30,33,54,58H,6-14,16,18-20,22,24-29,31-32,34-53H2,1-5H3/p+1/b17-15-,23-21-,33-30-. The number of allylic oxidation sites excluding steroid dienone is 6. The molecule has 2 unspecified atom stereocenters. The SMILES string of the molecule is CCCCC/C=C\C/C=C\C/C=C\CCCCCCCCC(=O)OC(COC(=O)CCCCCCCCCCCCCCCCCCCCCCCCC)COC(OCC[N+](C)(C)C)C(=O)O. The van der Waals surface area contributed by atoms with Gasteiger partial charge in [-0.15, -0.1) is 0 Å². The highest BCUT2D eigenvalue weighted by Crippen LogP contribution is 2.17. The minimum Gasteiger partial charge on any atom is -0.477 e. The minimum absolute atomic E-state index is 0.184.